The van der Waals surface area contributed by atoms with Crippen molar-refractivity contribution in [3.05, 3.63) is 23.8 Å². The molecule has 0 unspecified atom stereocenters. The second-order valence-electron chi connectivity index (χ2n) is 5.98. The quantitative estimate of drug-likeness (QED) is 0.248. The maximum absolute atomic E-state index is 5.53. The minimum Gasteiger partial charge on any atom is -0.493 e. The van der Waals surface area contributed by atoms with Crippen LogP contribution in [0.25, 0.3) is 0 Å². The fraction of sp³-hybridized carbons (Fsp3) is 0.550. The van der Waals surface area contributed by atoms with E-state index in [0.29, 0.717) is 18.0 Å². The number of methoxy groups -OCH3 is 2. The number of guanidine groups is 1. The zero-order valence-corrected chi connectivity index (χ0v) is 16.9. The van der Waals surface area contributed by atoms with E-state index >= 15 is 0 Å². The number of terminal acetylenes is 1. The molecule has 0 aliphatic rings. The number of hydrogen-bond donors (Lipinski definition) is 2. The van der Waals surface area contributed by atoms with Gasteiger partial charge in [0.1, 0.15) is 6.61 Å². The monoisotopic (exact) mass is 376 g/mol. The number of benzene rings is 1. The molecule has 1 aromatic rings. The van der Waals surface area contributed by atoms with E-state index < -0.39 is 0 Å². The van der Waals surface area contributed by atoms with Crippen LogP contribution in [0.4, 0.5) is 0 Å². The molecule has 0 heterocycles. The molecule has 27 heavy (non-hydrogen) atoms. The summed E-state index contributed by atoms with van der Waals surface area (Å²) >= 11 is 0. The van der Waals surface area contributed by atoms with Gasteiger partial charge in [0.25, 0.3) is 0 Å². The number of nitrogens with one attached hydrogen (secondary N) is 2. The normalized spacial score (nSPS) is 11.2. The summed E-state index contributed by atoms with van der Waals surface area (Å²) in [7, 11) is 7.19. The van der Waals surface area contributed by atoms with E-state index in [0.717, 1.165) is 44.2 Å². The Morgan fingerprint density at radius 3 is 2.70 bits per heavy atom. The lowest BCUT2D eigenvalue weighted by Gasteiger charge is -2.18. The van der Waals surface area contributed by atoms with Crippen molar-refractivity contribution >= 4 is 5.96 Å². The Kier molecular flexibility index (Phi) is 11.5. The van der Waals surface area contributed by atoms with Crippen LogP contribution in [-0.4, -0.2) is 72.0 Å². The van der Waals surface area contributed by atoms with Gasteiger partial charge in [-0.15, -0.1) is 6.42 Å². The Morgan fingerprint density at radius 1 is 1.22 bits per heavy atom. The van der Waals surface area contributed by atoms with Gasteiger partial charge in [-0.25, -0.2) is 0 Å². The summed E-state index contributed by atoms with van der Waals surface area (Å²) in [5.74, 6) is 4.51. The van der Waals surface area contributed by atoms with E-state index in [4.69, 9.17) is 20.6 Å². The maximum atomic E-state index is 5.53. The SMILES string of the molecule is C#CCOc1cc(CNC(=NC)NCCN(C)CCCOC)ccc1OC. The molecule has 0 saturated heterocycles. The third-order valence-electron chi connectivity index (χ3n) is 3.90. The highest BCUT2D eigenvalue weighted by molar-refractivity contribution is 5.79. The smallest absolute Gasteiger partial charge is 0.191 e. The summed E-state index contributed by atoms with van der Waals surface area (Å²) in [4.78, 5) is 6.52. The molecule has 0 aliphatic carbocycles. The maximum Gasteiger partial charge on any atom is 0.191 e. The van der Waals surface area contributed by atoms with Crippen LogP contribution in [0.15, 0.2) is 23.2 Å². The number of hydrogen-bond acceptors (Lipinski definition) is 5. The van der Waals surface area contributed by atoms with Crippen LogP contribution in [0.3, 0.4) is 0 Å². The molecule has 0 atom stereocenters. The van der Waals surface area contributed by atoms with Crippen molar-refractivity contribution in [2.75, 3.05) is 61.2 Å². The summed E-state index contributed by atoms with van der Waals surface area (Å²) in [5, 5.41) is 6.61. The molecule has 0 aliphatic heterocycles. The van der Waals surface area contributed by atoms with Crippen LogP contribution in [-0.2, 0) is 11.3 Å². The number of rotatable bonds is 12. The van der Waals surface area contributed by atoms with Crippen LogP contribution < -0.4 is 20.1 Å². The van der Waals surface area contributed by atoms with E-state index in [2.05, 4.69) is 33.5 Å². The average Bonchev–Trinajstić information content (AvgIpc) is 2.69. The lowest BCUT2D eigenvalue weighted by Crippen LogP contribution is -2.40. The van der Waals surface area contributed by atoms with Gasteiger partial charge in [-0.3, -0.25) is 4.99 Å². The summed E-state index contributed by atoms with van der Waals surface area (Å²) in [5.41, 5.74) is 1.04. The molecular weight excluding hydrogens is 344 g/mol. The Hall–Kier alpha value is -2.43. The van der Waals surface area contributed by atoms with Gasteiger partial charge in [-0.05, 0) is 31.2 Å². The largest absolute Gasteiger partial charge is 0.493 e. The molecule has 0 saturated carbocycles. The van der Waals surface area contributed by atoms with Crippen molar-refractivity contribution in [2.24, 2.45) is 4.99 Å². The third-order valence-corrected chi connectivity index (χ3v) is 3.90. The average molecular weight is 377 g/mol. The van der Waals surface area contributed by atoms with Gasteiger partial charge >= 0.3 is 0 Å². The Labute approximate surface area is 163 Å². The summed E-state index contributed by atoms with van der Waals surface area (Å²) in [6.45, 7) is 4.34. The highest BCUT2D eigenvalue weighted by Crippen LogP contribution is 2.27. The molecule has 0 radical (unpaired) electrons. The molecule has 0 amide bonds. The van der Waals surface area contributed by atoms with Crippen LogP contribution in [0.5, 0.6) is 11.5 Å². The molecule has 7 nitrogen and oxygen atoms in total. The molecule has 2 N–H and O–H groups in total. The topological polar surface area (TPSA) is 67.4 Å². The highest BCUT2D eigenvalue weighted by atomic mass is 16.5. The highest BCUT2D eigenvalue weighted by Gasteiger charge is 2.06. The summed E-state index contributed by atoms with van der Waals surface area (Å²) < 4.78 is 15.9. The first-order valence-corrected chi connectivity index (χ1v) is 8.99. The molecule has 7 heteroatoms. The summed E-state index contributed by atoms with van der Waals surface area (Å²) in [6, 6.07) is 5.76. The summed E-state index contributed by atoms with van der Waals surface area (Å²) in [6.07, 6.45) is 6.29. The van der Waals surface area contributed by atoms with Crippen molar-refractivity contribution in [1.82, 2.24) is 15.5 Å². The fourth-order valence-electron chi connectivity index (χ4n) is 2.43. The lowest BCUT2D eigenvalue weighted by atomic mass is 10.2. The lowest BCUT2D eigenvalue weighted by molar-refractivity contribution is 0.180. The van der Waals surface area contributed by atoms with Crippen molar-refractivity contribution in [3.63, 3.8) is 0 Å². The number of ether oxygens (including phenoxy) is 3. The first-order valence-electron chi connectivity index (χ1n) is 8.99. The van der Waals surface area contributed by atoms with E-state index in [1.54, 1.807) is 21.3 Å². The standard InChI is InChI=1S/C20H32N4O3/c1-6-13-27-19-15-17(8-9-18(19)26-5)16-23-20(21-2)22-10-12-24(3)11-7-14-25-4/h1,8-9,15H,7,10-14,16H2,2-5H3,(H2,21,22,23). The minimum absolute atomic E-state index is 0.203. The fourth-order valence-corrected chi connectivity index (χ4v) is 2.43. The van der Waals surface area contributed by atoms with Crippen LogP contribution in [0, 0.1) is 12.3 Å². The van der Waals surface area contributed by atoms with Gasteiger partial charge in [0.15, 0.2) is 17.5 Å². The van der Waals surface area contributed by atoms with Gasteiger partial charge in [0.2, 0.25) is 0 Å². The predicted molar refractivity (Wildman–Crippen MR) is 110 cm³/mol. The van der Waals surface area contributed by atoms with Gasteiger partial charge in [0, 0.05) is 46.9 Å². The molecule has 1 aromatic carbocycles. The number of likely N-dealkylation sites (N-methyl/N-ethyl adjacent to an activating group) is 1. The molecule has 0 spiro atoms. The van der Waals surface area contributed by atoms with Gasteiger partial charge in [0.05, 0.1) is 7.11 Å². The molecule has 0 aromatic heterocycles. The second-order valence-corrected chi connectivity index (χ2v) is 5.98. The molecule has 0 bridgehead atoms. The molecule has 1 rings (SSSR count). The molecule has 150 valence electrons. The van der Waals surface area contributed by atoms with Gasteiger partial charge < -0.3 is 29.7 Å². The van der Waals surface area contributed by atoms with Crippen molar-refractivity contribution in [1.29, 1.82) is 0 Å². The first-order chi connectivity index (χ1) is 13.1. The van der Waals surface area contributed by atoms with Gasteiger partial charge in [-0.2, -0.15) is 0 Å². The van der Waals surface area contributed by atoms with E-state index in [1.165, 1.54) is 0 Å². The Morgan fingerprint density at radius 2 is 2.04 bits per heavy atom. The van der Waals surface area contributed by atoms with Crippen molar-refractivity contribution in [2.45, 2.75) is 13.0 Å². The van der Waals surface area contributed by atoms with Crippen molar-refractivity contribution < 1.29 is 14.2 Å². The molecular formula is C20H32N4O3. The second kappa shape index (κ2) is 13.7. The third kappa shape index (κ3) is 9.18. The van der Waals surface area contributed by atoms with Crippen LogP contribution >= 0.6 is 0 Å². The van der Waals surface area contributed by atoms with Crippen LogP contribution in [0.2, 0.25) is 0 Å². The Bertz CT molecular complexity index is 614. The Balaban J connectivity index is 2.44. The number of nitrogens with zero attached hydrogens (tertiary/aromatic N) is 2. The van der Waals surface area contributed by atoms with Crippen molar-refractivity contribution in [3.8, 4) is 23.8 Å². The van der Waals surface area contributed by atoms with E-state index in [-0.39, 0.29) is 6.61 Å². The zero-order chi connectivity index (χ0) is 19.9. The number of aliphatic imine (C=N–C) groups is 1. The zero-order valence-electron chi connectivity index (χ0n) is 16.9. The molecule has 0 fully saturated rings. The van der Waals surface area contributed by atoms with E-state index in [1.807, 2.05) is 18.2 Å². The first kappa shape index (κ1) is 22.6. The van der Waals surface area contributed by atoms with Gasteiger partial charge in [-0.1, -0.05) is 12.0 Å². The van der Waals surface area contributed by atoms with E-state index in [9.17, 15) is 0 Å². The predicted octanol–water partition coefficient (Wildman–Crippen LogP) is 1.34. The van der Waals surface area contributed by atoms with Crippen LogP contribution in [0.1, 0.15) is 12.0 Å². The minimum atomic E-state index is 0.203.